The summed E-state index contributed by atoms with van der Waals surface area (Å²) >= 11 is 0. The van der Waals surface area contributed by atoms with Gasteiger partial charge in [-0.15, -0.1) is 0 Å². The van der Waals surface area contributed by atoms with Gasteiger partial charge in [0.2, 0.25) is 0 Å². The number of carbonyl (C=O) groups is 2. The van der Waals surface area contributed by atoms with E-state index < -0.39 is 11.5 Å². The molecule has 2 rings (SSSR count). The Balaban J connectivity index is 2.10. The fourth-order valence-corrected chi connectivity index (χ4v) is 1.90. The average Bonchev–Trinajstić information content (AvgIpc) is 2.84. The van der Waals surface area contributed by atoms with Gasteiger partial charge < -0.3 is 14.9 Å². The van der Waals surface area contributed by atoms with Crippen LogP contribution in [0.5, 0.6) is 0 Å². The van der Waals surface area contributed by atoms with Crippen LogP contribution in [0.25, 0.3) is 0 Å². The summed E-state index contributed by atoms with van der Waals surface area (Å²) in [5, 5.41) is 15.2. The first kappa shape index (κ1) is 11.6. The highest BCUT2D eigenvalue weighted by atomic mass is 16.5. The molecule has 0 atom stereocenters. The van der Waals surface area contributed by atoms with E-state index in [1.54, 1.807) is 13.8 Å². The maximum Gasteiger partial charge on any atom is 0.305 e. The number of rotatable bonds is 4. The molecule has 0 aliphatic heterocycles. The quantitative estimate of drug-likeness (QED) is 0.817. The first-order chi connectivity index (χ1) is 7.93. The fraction of sp³-hybridized carbons (Fsp3) is 0.545. The zero-order valence-corrected chi connectivity index (χ0v) is 9.74. The second-order valence-corrected chi connectivity index (χ2v) is 4.50. The van der Waals surface area contributed by atoms with Gasteiger partial charge in [-0.3, -0.25) is 9.59 Å². The summed E-state index contributed by atoms with van der Waals surface area (Å²) in [6, 6.07) is 0. The van der Waals surface area contributed by atoms with Crippen LogP contribution in [0.4, 0.5) is 0 Å². The third-order valence-corrected chi connectivity index (χ3v) is 2.98. The Kier molecular flexibility index (Phi) is 2.65. The summed E-state index contributed by atoms with van der Waals surface area (Å²) in [6.45, 7) is 3.34. The topological polar surface area (TPSA) is 92.4 Å². The Morgan fingerprint density at radius 2 is 2.12 bits per heavy atom. The number of amides is 1. The Bertz CT molecular complexity index is 454. The molecule has 0 unspecified atom stereocenters. The number of nitrogens with zero attached hydrogens (tertiary/aromatic N) is 1. The van der Waals surface area contributed by atoms with E-state index >= 15 is 0 Å². The molecular weight excluding hydrogens is 224 g/mol. The van der Waals surface area contributed by atoms with Gasteiger partial charge in [0.05, 0.1) is 17.7 Å². The molecule has 1 aromatic heterocycles. The lowest BCUT2D eigenvalue weighted by molar-refractivity contribution is -0.137. The van der Waals surface area contributed by atoms with E-state index in [-0.39, 0.29) is 12.3 Å². The van der Waals surface area contributed by atoms with Gasteiger partial charge in [-0.1, -0.05) is 5.16 Å². The summed E-state index contributed by atoms with van der Waals surface area (Å²) in [4.78, 5) is 22.7. The largest absolute Gasteiger partial charge is 0.481 e. The highest BCUT2D eigenvalue weighted by Gasteiger charge is 2.46. The molecule has 1 fully saturated rings. The van der Waals surface area contributed by atoms with Crippen molar-refractivity contribution in [2.45, 2.75) is 38.6 Å². The Labute approximate surface area is 98.0 Å². The summed E-state index contributed by atoms with van der Waals surface area (Å²) in [5.41, 5.74) is 0.354. The summed E-state index contributed by atoms with van der Waals surface area (Å²) in [6.07, 6.45) is 1.37. The normalized spacial score (nSPS) is 16.6. The molecule has 1 heterocycles. The number of carbonyl (C=O) groups excluding carboxylic acids is 1. The van der Waals surface area contributed by atoms with Gasteiger partial charge >= 0.3 is 5.97 Å². The molecule has 0 aromatic carbocycles. The van der Waals surface area contributed by atoms with E-state index in [2.05, 4.69) is 10.5 Å². The monoisotopic (exact) mass is 238 g/mol. The maximum atomic E-state index is 12.0. The van der Waals surface area contributed by atoms with Crippen LogP contribution in [-0.4, -0.2) is 27.7 Å². The van der Waals surface area contributed by atoms with Crippen molar-refractivity contribution in [3.05, 3.63) is 17.0 Å². The average molecular weight is 238 g/mol. The van der Waals surface area contributed by atoms with Crippen LogP contribution < -0.4 is 5.32 Å². The zero-order chi connectivity index (χ0) is 12.6. The van der Waals surface area contributed by atoms with Crippen molar-refractivity contribution in [1.29, 1.82) is 0 Å². The van der Waals surface area contributed by atoms with Crippen molar-refractivity contribution in [2.75, 3.05) is 0 Å². The minimum Gasteiger partial charge on any atom is -0.481 e. The van der Waals surface area contributed by atoms with E-state index in [1.807, 2.05) is 0 Å². The molecule has 6 heteroatoms. The van der Waals surface area contributed by atoms with Crippen molar-refractivity contribution in [2.24, 2.45) is 0 Å². The van der Waals surface area contributed by atoms with Crippen molar-refractivity contribution >= 4 is 11.9 Å². The number of hydrogen-bond acceptors (Lipinski definition) is 4. The second-order valence-electron chi connectivity index (χ2n) is 4.50. The highest BCUT2D eigenvalue weighted by molar-refractivity contribution is 5.97. The van der Waals surface area contributed by atoms with Gasteiger partial charge in [0, 0.05) is 0 Å². The number of aryl methyl sites for hydroxylation is 2. The number of carboxylic acids is 1. The van der Waals surface area contributed by atoms with Gasteiger partial charge in [0.15, 0.2) is 0 Å². The highest BCUT2D eigenvalue weighted by Crippen LogP contribution is 2.39. The van der Waals surface area contributed by atoms with E-state index in [0.29, 0.717) is 29.9 Å². The molecule has 2 N–H and O–H groups in total. The van der Waals surface area contributed by atoms with E-state index in [0.717, 1.165) is 0 Å². The fourth-order valence-electron chi connectivity index (χ4n) is 1.90. The molecule has 17 heavy (non-hydrogen) atoms. The lowest BCUT2D eigenvalue weighted by Crippen LogP contribution is -2.38. The van der Waals surface area contributed by atoms with Crippen LogP contribution in [0, 0.1) is 13.8 Å². The Morgan fingerprint density at radius 1 is 1.47 bits per heavy atom. The van der Waals surface area contributed by atoms with Crippen LogP contribution in [0.3, 0.4) is 0 Å². The first-order valence-electron chi connectivity index (χ1n) is 5.41. The van der Waals surface area contributed by atoms with Crippen molar-refractivity contribution < 1.29 is 19.2 Å². The third-order valence-electron chi connectivity index (χ3n) is 2.98. The van der Waals surface area contributed by atoms with Crippen molar-refractivity contribution in [1.82, 2.24) is 10.5 Å². The predicted octanol–water partition coefficient (Wildman–Crippen LogP) is 1.03. The number of aromatic nitrogens is 1. The number of hydrogen-bond donors (Lipinski definition) is 2. The molecular formula is C11H14N2O4. The van der Waals surface area contributed by atoms with Gasteiger partial charge in [-0.25, -0.2) is 0 Å². The lowest BCUT2D eigenvalue weighted by Gasteiger charge is -2.14. The molecule has 0 saturated heterocycles. The van der Waals surface area contributed by atoms with Gasteiger partial charge in [0.25, 0.3) is 5.91 Å². The van der Waals surface area contributed by atoms with E-state index in [1.165, 1.54) is 0 Å². The van der Waals surface area contributed by atoms with Crippen LogP contribution in [-0.2, 0) is 4.79 Å². The number of carboxylic acid groups (broad SMARTS) is 1. The standard InChI is InChI=1S/C11H14N2O4/c1-6-9(7(2)17-13-6)10(16)12-11(3-4-11)5-8(14)15/h3-5H2,1-2H3,(H,12,16)(H,14,15). The van der Waals surface area contributed by atoms with Crippen LogP contribution >= 0.6 is 0 Å². The Hall–Kier alpha value is -1.85. The minimum atomic E-state index is -0.901. The van der Waals surface area contributed by atoms with Crippen molar-refractivity contribution in [3.8, 4) is 0 Å². The molecule has 0 spiro atoms. The summed E-state index contributed by atoms with van der Waals surface area (Å²) < 4.78 is 4.91. The second kappa shape index (κ2) is 3.87. The minimum absolute atomic E-state index is 0.0396. The molecule has 6 nitrogen and oxygen atoms in total. The molecule has 1 saturated carbocycles. The van der Waals surface area contributed by atoms with E-state index in [9.17, 15) is 9.59 Å². The van der Waals surface area contributed by atoms with Crippen molar-refractivity contribution in [3.63, 3.8) is 0 Å². The lowest BCUT2D eigenvalue weighted by atomic mass is 10.1. The predicted molar refractivity (Wildman–Crippen MR) is 57.7 cm³/mol. The van der Waals surface area contributed by atoms with Gasteiger partial charge in [-0.05, 0) is 26.7 Å². The summed E-state index contributed by atoms with van der Waals surface area (Å²) in [5.74, 6) is -0.757. The molecule has 92 valence electrons. The van der Waals surface area contributed by atoms with Gasteiger partial charge in [-0.2, -0.15) is 0 Å². The number of nitrogens with one attached hydrogen (secondary N) is 1. The van der Waals surface area contributed by atoms with Crippen LogP contribution in [0.15, 0.2) is 4.52 Å². The molecule has 0 bridgehead atoms. The molecule has 1 aromatic rings. The SMILES string of the molecule is Cc1noc(C)c1C(=O)NC1(CC(=O)O)CC1. The van der Waals surface area contributed by atoms with Crippen LogP contribution in [0.2, 0.25) is 0 Å². The first-order valence-corrected chi connectivity index (χ1v) is 5.41. The van der Waals surface area contributed by atoms with Crippen LogP contribution in [0.1, 0.15) is 41.1 Å². The zero-order valence-electron chi connectivity index (χ0n) is 9.74. The molecule has 1 aliphatic carbocycles. The molecule has 1 aliphatic rings. The molecule has 0 radical (unpaired) electrons. The smallest absolute Gasteiger partial charge is 0.305 e. The maximum absolute atomic E-state index is 12.0. The molecule has 1 amide bonds. The summed E-state index contributed by atoms with van der Waals surface area (Å²) in [7, 11) is 0. The third kappa shape index (κ3) is 2.30. The van der Waals surface area contributed by atoms with E-state index in [4.69, 9.17) is 9.63 Å². The Morgan fingerprint density at radius 3 is 2.53 bits per heavy atom. The van der Waals surface area contributed by atoms with Gasteiger partial charge in [0.1, 0.15) is 11.3 Å². The number of aliphatic carboxylic acids is 1.